The number of carbonyl (C=O) groups is 2. The monoisotopic (exact) mass is 331 g/mol. The van der Waals surface area contributed by atoms with E-state index in [0.29, 0.717) is 32.5 Å². The third-order valence-electron chi connectivity index (χ3n) is 4.44. The second-order valence-electron chi connectivity index (χ2n) is 6.39. The second-order valence-corrected chi connectivity index (χ2v) is 8.32. The fourth-order valence-electron chi connectivity index (χ4n) is 3.34. The molecule has 0 N–H and O–H groups in total. The number of piperidine rings is 1. The Bertz CT molecular complexity index is 546. The van der Waals surface area contributed by atoms with Crippen molar-refractivity contribution < 1.29 is 18.0 Å². The minimum Gasteiger partial charge on any atom is -0.349 e. The van der Waals surface area contributed by atoms with E-state index in [1.54, 1.807) is 23.9 Å². The molecule has 2 fully saturated rings. The van der Waals surface area contributed by atoms with Gasteiger partial charge in [0.2, 0.25) is 21.8 Å². The fourth-order valence-corrected chi connectivity index (χ4v) is 4.46. The molecule has 0 radical (unpaired) electrons. The van der Waals surface area contributed by atoms with Gasteiger partial charge in [0.05, 0.1) is 12.2 Å². The van der Waals surface area contributed by atoms with Crippen molar-refractivity contribution in [2.45, 2.75) is 31.7 Å². The average molecular weight is 331 g/mol. The molecule has 2 rings (SSSR count). The summed E-state index contributed by atoms with van der Waals surface area (Å²) in [4.78, 5) is 28.0. The van der Waals surface area contributed by atoms with Gasteiger partial charge in [0.1, 0.15) is 6.04 Å². The van der Waals surface area contributed by atoms with Crippen LogP contribution in [0.1, 0.15) is 25.7 Å². The third kappa shape index (κ3) is 3.60. The van der Waals surface area contributed by atoms with Crippen LogP contribution >= 0.6 is 0 Å². The van der Waals surface area contributed by atoms with Gasteiger partial charge in [-0.25, -0.2) is 8.42 Å². The predicted octanol–water partition coefficient (Wildman–Crippen LogP) is -0.263. The molecule has 2 atom stereocenters. The summed E-state index contributed by atoms with van der Waals surface area (Å²) in [6.07, 6.45) is 3.97. The van der Waals surface area contributed by atoms with Gasteiger partial charge < -0.3 is 9.80 Å². The maximum atomic E-state index is 12.7. The number of nitrogens with zero attached hydrogens (tertiary/aromatic N) is 3. The summed E-state index contributed by atoms with van der Waals surface area (Å²) >= 11 is 0. The molecule has 2 aliphatic rings. The van der Waals surface area contributed by atoms with Crippen molar-refractivity contribution >= 4 is 21.8 Å². The van der Waals surface area contributed by atoms with Gasteiger partial charge in [-0.2, -0.15) is 4.31 Å². The smallest absolute Gasteiger partial charge is 0.241 e. The highest BCUT2D eigenvalue weighted by Crippen LogP contribution is 2.25. The minimum atomic E-state index is -3.37. The Morgan fingerprint density at radius 3 is 2.32 bits per heavy atom. The first-order chi connectivity index (χ1) is 10.2. The van der Waals surface area contributed by atoms with Crippen LogP contribution in [-0.4, -0.2) is 80.4 Å². The predicted molar refractivity (Wildman–Crippen MR) is 82.6 cm³/mol. The number of likely N-dealkylation sites (tertiary alicyclic amines) is 1. The zero-order valence-corrected chi connectivity index (χ0v) is 14.3. The minimum absolute atomic E-state index is 0.0314. The van der Waals surface area contributed by atoms with Gasteiger partial charge in [-0.1, -0.05) is 0 Å². The number of amides is 2. The van der Waals surface area contributed by atoms with Crippen LogP contribution < -0.4 is 0 Å². The van der Waals surface area contributed by atoms with Crippen LogP contribution in [0.25, 0.3) is 0 Å². The number of hydrogen-bond donors (Lipinski definition) is 0. The molecule has 2 heterocycles. The molecule has 126 valence electrons. The normalized spacial score (nSPS) is 27.0. The quantitative estimate of drug-likeness (QED) is 0.714. The van der Waals surface area contributed by atoms with Crippen molar-refractivity contribution in [3.63, 3.8) is 0 Å². The SMILES string of the molecule is CN(C)C(=O)[C@H]1CCCN(C(=O)[C@H]2CCCN2S(C)(=O)=O)C1. The van der Waals surface area contributed by atoms with Crippen molar-refractivity contribution in [2.24, 2.45) is 5.92 Å². The zero-order valence-electron chi connectivity index (χ0n) is 13.5. The highest BCUT2D eigenvalue weighted by Gasteiger charge is 2.40. The largest absolute Gasteiger partial charge is 0.349 e. The first kappa shape index (κ1) is 17.2. The van der Waals surface area contributed by atoms with E-state index < -0.39 is 16.1 Å². The van der Waals surface area contributed by atoms with Crippen LogP contribution in [0.3, 0.4) is 0 Å². The number of carbonyl (C=O) groups excluding carboxylic acids is 2. The van der Waals surface area contributed by atoms with E-state index in [2.05, 4.69) is 0 Å². The molecular formula is C14H25N3O4S. The van der Waals surface area contributed by atoms with Crippen molar-refractivity contribution in [3.8, 4) is 0 Å². The van der Waals surface area contributed by atoms with Crippen molar-refractivity contribution in [2.75, 3.05) is 40.0 Å². The maximum Gasteiger partial charge on any atom is 0.241 e. The molecule has 0 spiro atoms. The molecule has 0 aromatic rings. The molecule has 0 bridgehead atoms. The first-order valence-electron chi connectivity index (χ1n) is 7.68. The zero-order chi connectivity index (χ0) is 16.5. The van der Waals surface area contributed by atoms with Crippen LogP contribution in [-0.2, 0) is 19.6 Å². The summed E-state index contributed by atoms with van der Waals surface area (Å²) in [5.41, 5.74) is 0. The summed E-state index contributed by atoms with van der Waals surface area (Å²) in [7, 11) is 0.0595. The molecule has 7 nitrogen and oxygen atoms in total. The van der Waals surface area contributed by atoms with Gasteiger partial charge in [0.15, 0.2) is 0 Å². The lowest BCUT2D eigenvalue weighted by Crippen LogP contribution is -2.52. The first-order valence-corrected chi connectivity index (χ1v) is 9.53. The van der Waals surface area contributed by atoms with Gasteiger partial charge in [0.25, 0.3) is 0 Å². The lowest BCUT2D eigenvalue weighted by molar-refractivity contribution is -0.141. The molecule has 0 saturated carbocycles. The highest BCUT2D eigenvalue weighted by atomic mass is 32.2. The van der Waals surface area contributed by atoms with E-state index in [1.165, 1.54) is 4.31 Å². The van der Waals surface area contributed by atoms with E-state index in [-0.39, 0.29) is 17.7 Å². The van der Waals surface area contributed by atoms with Crippen LogP contribution in [0, 0.1) is 5.92 Å². The van der Waals surface area contributed by atoms with E-state index in [4.69, 9.17) is 0 Å². The molecule has 2 aliphatic heterocycles. The Balaban J connectivity index is 2.07. The van der Waals surface area contributed by atoms with E-state index in [1.807, 2.05) is 0 Å². The Morgan fingerprint density at radius 1 is 1.09 bits per heavy atom. The van der Waals surface area contributed by atoms with Gasteiger partial charge in [-0.15, -0.1) is 0 Å². The summed E-state index contributed by atoms with van der Waals surface area (Å²) < 4.78 is 24.9. The van der Waals surface area contributed by atoms with Crippen LogP contribution in [0.5, 0.6) is 0 Å². The molecule has 22 heavy (non-hydrogen) atoms. The Morgan fingerprint density at radius 2 is 1.73 bits per heavy atom. The molecule has 0 aliphatic carbocycles. The lowest BCUT2D eigenvalue weighted by Gasteiger charge is -2.35. The molecule has 0 unspecified atom stereocenters. The molecule has 2 saturated heterocycles. The van der Waals surface area contributed by atoms with E-state index >= 15 is 0 Å². The van der Waals surface area contributed by atoms with Crippen molar-refractivity contribution in [1.82, 2.24) is 14.1 Å². The maximum absolute atomic E-state index is 12.7. The molecular weight excluding hydrogens is 306 g/mol. The topological polar surface area (TPSA) is 78.0 Å². The van der Waals surface area contributed by atoms with Crippen molar-refractivity contribution in [1.29, 1.82) is 0 Å². The highest BCUT2D eigenvalue weighted by molar-refractivity contribution is 7.88. The van der Waals surface area contributed by atoms with Crippen molar-refractivity contribution in [3.05, 3.63) is 0 Å². The fraction of sp³-hybridized carbons (Fsp3) is 0.857. The lowest BCUT2D eigenvalue weighted by atomic mass is 9.96. The summed E-state index contributed by atoms with van der Waals surface area (Å²) in [6, 6.07) is -0.594. The van der Waals surface area contributed by atoms with Gasteiger partial charge in [-0.3, -0.25) is 9.59 Å². The molecule has 0 aromatic heterocycles. The standard InChI is InChI=1S/C14H25N3O4S/c1-15(2)13(18)11-6-4-8-16(10-11)14(19)12-7-5-9-17(12)22(3,20)21/h11-12H,4-10H2,1-3H3/t11-,12+/m0/s1. The Labute approximate surface area is 132 Å². The number of hydrogen-bond acceptors (Lipinski definition) is 4. The summed E-state index contributed by atoms with van der Waals surface area (Å²) in [5.74, 6) is -0.302. The average Bonchev–Trinajstić information content (AvgIpc) is 2.95. The van der Waals surface area contributed by atoms with Gasteiger partial charge >= 0.3 is 0 Å². The van der Waals surface area contributed by atoms with Gasteiger partial charge in [0, 0.05) is 33.7 Å². The van der Waals surface area contributed by atoms with E-state index in [0.717, 1.165) is 19.1 Å². The van der Waals surface area contributed by atoms with Crippen LogP contribution in [0.2, 0.25) is 0 Å². The van der Waals surface area contributed by atoms with Crippen LogP contribution in [0.15, 0.2) is 0 Å². The number of sulfonamides is 1. The Kier molecular flexibility index (Phi) is 5.11. The molecule has 8 heteroatoms. The third-order valence-corrected chi connectivity index (χ3v) is 5.73. The Hall–Kier alpha value is -1.15. The molecule has 2 amide bonds. The second kappa shape index (κ2) is 6.54. The van der Waals surface area contributed by atoms with Crippen LogP contribution in [0.4, 0.5) is 0 Å². The molecule has 0 aromatic carbocycles. The van der Waals surface area contributed by atoms with Gasteiger partial charge in [-0.05, 0) is 25.7 Å². The van der Waals surface area contributed by atoms with E-state index in [9.17, 15) is 18.0 Å². The summed E-state index contributed by atoms with van der Waals surface area (Å²) in [5, 5.41) is 0. The summed E-state index contributed by atoms with van der Waals surface area (Å²) in [6.45, 7) is 1.40. The number of rotatable bonds is 3.